The number of nitrogens with one attached hydrogen (secondary N) is 2. The normalized spacial score (nSPS) is 15.6. The van der Waals surface area contributed by atoms with Gasteiger partial charge in [0.1, 0.15) is 6.04 Å². The van der Waals surface area contributed by atoms with Crippen LogP contribution in [0, 0.1) is 0 Å². The van der Waals surface area contributed by atoms with Gasteiger partial charge in [-0.2, -0.15) is 0 Å². The third-order valence-electron chi connectivity index (χ3n) is 1.72. The SMILES string of the molecule is CNC(=O)C(C)(O)OC(=O)C(C)NC(C)=O. The largest absolute Gasteiger partial charge is 0.422 e. The van der Waals surface area contributed by atoms with Crippen LogP contribution in [0.4, 0.5) is 0 Å². The number of hydrogen-bond acceptors (Lipinski definition) is 5. The summed E-state index contributed by atoms with van der Waals surface area (Å²) in [4.78, 5) is 33.1. The summed E-state index contributed by atoms with van der Waals surface area (Å²) in [6, 6.07) is -0.936. The maximum absolute atomic E-state index is 11.3. The maximum atomic E-state index is 11.3. The van der Waals surface area contributed by atoms with Gasteiger partial charge in [0, 0.05) is 20.9 Å². The van der Waals surface area contributed by atoms with Gasteiger partial charge in [-0.15, -0.1) is 0 Å². The van der Waals surface area contributed by atoms with Gasteiger partial charge in [0.2, 0.25) is 5.91 Å². The van der Waals surface area contributed by atoms with Crippen molar-refractivity contribution >= 4 is 17.8 Å². The van der Waals surface area contributed by atoms with Crippen LogP contribution in [0.2, 0.25) is 0 Å². The monoisotopic (exact) mass is 232 g/mol. The van der Waals surface area contributed by atoms with Crippen LogP contribution in [-0.2, 0) is 19.1 Å². The molecule has 0 aromatic carbocycles. The summed E-state index contributed by atoms with van der Waals surface area (Å²) < 4.78 is 4.54. The molecule has 7 nitrogen and oxygen atoms in total. The summed E-state index contributed by atoms with van der Waals surface area (Å²) in [7, 11) is 1.29. The van der Waals surface area contributed by atoms with Crippen molar-refractivity contribution in [2.45, 2.75) is 32.6 Å². The zero-order valence-corrected chi connectivity index (χ0v) is 9.66. The average molecular weight is 232 g/mol. The van der Waals surface area contributed by atoms with Gasteiger partial charge in [-0.1, -0.05) is 0 Å². The third-order valence-corrected chi connectivity index (χ3v) is 1.72. The van der Waals surface area contributed by atoms with E-state index in [4.69, 9.17) is 0 Å². The summed E-state index contributed by atoms with van der Waals surface area (Å²) in [5.41, 5.74) is 0. The number of ether oxygens (including phenoxy) is 1. The molecule has 2 atom stereocenters. The highest BCUT2D eigenvalue weighted by Crippen LogP contribution is 2.07. The second kappa shape index (κ2) is 5.45. The minimum Gasteiger partial charge on any atom is -0.422 e. The van der Waals surface area contributed by atoms with Crippen molar-refractivity contribution in [2.24, 2.45) is 0 Å². The minimum atomic E-state index is -2.25. The fraction of sp³-hybridized carbons (Fsp3) is 0.667. The second-order valence-electron chi connectivity index (χ2n) is 3.41. The summed E-state index contributed by atoms with van der Waals surface area (Å²) in [5.74, 6) is -4.41. The number of esters is 1. The number of carbonyl (C=O) groups excluding carboxylic acids is 3. The molecule has 0 heterocycles. The molecule has 0 aliphatic carbocycles. The maximum Gasteiger partial charge on any atom is 0.331 e. The van der Waals surface area contributed by atoms with Crippen LogP contribution in [0.3, 0.4) is 0 Å². The quantitative estimate of drug-likeness (QED) is 0.404. The number of amides is 2. The number of likely N-dealkylation sites (N-methyl/N-ethyl adjacent to an activating group) is 1. The van der Waals surface area contributed by atoms with E-state index in [-0.39, 0.29) is 0 Å². The van der Waals surface area contributed by atoms with Crippen LogP contribution < -0.4 is 10.6 Å². The summed E-state index contributed by atoms with van der Waals surface area (Å²) in [5, 5.41) is 13.9. The molecule has 7 heteroatoms. The Bertz CT molecular complexity index is 300. The Hall–Kier alpha value is -1.63. The Morgan fingerprint density at radius 3 is 2.25 bits per heavy atom. The molecule has 92 valence electrons. The van der Waals surface area contributed by atoms with Crippen molar-refractivity contribution in [3.05, 3.63) is 0 Å². The van der Waals surface area contributed by atoms with E-state index < -0.39 is 29.6 Å². The van der Waals surface area contributed by atoms with Crippen molar-refractivity contribution in [1.82, 2.24) is 10.6 Å². The molecule has 0 radical (unpaired) electrons. The van der Waals surface area contributed by atoms with Crippen LogP contribution in [0.25, 0.3) is 0 Å². The van der Waals surface area contributed by atoms with Crippen LogP contribution in [0.1, 0.15) is 20.8 Å². The Balaban J connectivity index is 4.44. The molecule has 0 aromatic heterocycles. The van der Waals surface area contributed by atoms with Gasteiger partial charge in [0.05, 0.1) is 0 Å². The van der Waals surface area contributed by atoms with Crippen molar-refractivity contribution in [1.29, 1.82) is 0 Å². The zero-order chi connectivity index (χ0) is 12.9. The Kier molecular flexibility index (Phi) is 4.90. The van der Waals surface area contributed by atoms with Gasteiger partial charge in [0.15, 0.2) is 0 Å². The minimum absolute atomic E-state index is 0.413. The molecular weight excluding hydrogens is 216 g/mol. The lowest BCUT2D eigenvalue weighted by Gasteiger charge is -2.23. The van der Waals surface area contributed by atoms with Crippen molar-refractivity contribution in [3.63, 3.8) is 0 Å². The predicted molar refractivity (Wildman–Crippen MR) is 54.1 cm³/mol. The highest BCUT2D eigenvalue weighted by Gasteiger charge is 2.35. The van der Waals surface area contributed by atoms with E-state index in [9.17, 15) is 19.5 Å². The lowest BCUT2D eigenvalue weighted by Crippen LogP contribution is -2.50. The fourth-order valence-corrected chi connectivity index (χ4v) is 0.926. The first kappa shape index (κ1) is 14.4. The van der Waals surface area contributed by atoms with Gasteiger partial charge in [-0.05, 0) is 6.92 Å². The van der Waals surface area contributed by atoms with E-state index in [0.29, 0.717) is 0 Å². The van der Waals surface area contributed by atoms with Crippen LogP contribution in [-0.4, -0.2) is 41.8 Å². The predicted octanol–water partition coefficient (Wildman–Crippen LogP) is -1.49. The molecule has 0 aliphatic heterocycles. The van der Waals surface area contributed by atoms with Crippen molar-refractivity contribution < 1.29 is 24.2 Å². The summed E-state index contributed by atoms with van der Waals surface area (Å²) in [6.45, 7) is 3.65. The first-order valence-corrected chi connectivity index (χ1v) is 4.65. The molecule has 3 N–H and O–H groups in total. The van der Waals surface area contributed by atoms with Crippen LogP contribution in [0.15, 0.2) is 0 Å². The molecular formula is C9H16N2O5. The van der Waals surface area contributed by atoms with E-state index in [0.717, 1.165) is 6.92 Å². The molecule has 0 saturated carbocycles. The van der Waals surface area contributed by atoms with Gasteiger partial charge < -0.3 is 20.5 Å². The first-order chi connectivity index (χ1) is 7.20. The Morgan fingerprint density at radius 2 is 1.88 bits per heavy atom. The van der Waals surface area contributed by atoms with E-state index >= 15 is 0 Å². The fourth-order valence-electron chi connectivity index (χ4n) is 0.926. The van der Waals surface area contributed by atoms with Gasteiger partial charge in [-0.25, -0.2) is 4.79 Å². The number of aliphatic hydroxyl groups is 1. The van der Waals surface area contributed by atoms with Crippen molar-refractivity contribution in [2.75, 3.05) is 7.05 Å². The summed E-state index contributed by atoms with van der Waals surface area (Å²) >= 11 is 0. The van der Waals surface area contributed by atoms with Crippen LogP contribution >= 0.6 is 0 Å². The molecule has 16 heavy (non-hydrogen) atoms. The van der Waals surface area contributed by atoms with Gasteiger partial charge >= 0.3 is 5.97 Å². The highest BCUT2D eigenvalue weighted by molar-refractivity contribution is 5.88. The smallest absolute Gasteiger partial charge is 0.331 e. The standard InChI is InChI=1S/C9H16N2O5/c1-5(11-6(2)12)7(13)16-9(3,15)8(14)10-4/h5,15H,1-4H3,(H,10,14)(H,11,12). The Labute approximate surface area is 93.2 Å². The molecule has 2 unspecified atom stereocenters. The molecule has 0 saturated heterocycles. The molecule has 2 amide bonds. The molecule has 0 bridgehead atoms. The lowest BCUT2D eigenvalue weighted by molar-refractivity contribution is -0.206. The summed E-state index contributed by atoms with van der Waals surface area (Å²) in [6.07, 6.45) is 0. The van der Waals surface area contributed by atoms with Gasteiger partial charge in [0.25, 0.3) is 11.7 Å². The number of rotatable bonds is 4. The van der Waals surface area contributed by atoms with Crippen molar-refractivity contribution in [3.8, 4) is 0 Å². The molecule has 0 fully saturated rings. The average Bonchev–Trinajstić information content (AvgIpc) is 2.14. The molecule has 0 aliphatic rings. The molecule has 0 spiro atoms. The van der Waals surface area contributed by atoms with E-state index in [1.807, 2.05) is 0 Å². The van der Waals surface area contributed by atoms with E-state index in [2.05, 4.69) is 15.4 Å². The third kappa shape index (κ3) is 4.26. The highest BCUT2D eigenvalue weighted by atomic mass is 16.7. The molecule has 0 aromatic rings. The molecule has 0 rings (SSSR count). The first-order valence-electron chi connectivity index (χ1n) is 4.65. The number of hydrogen-bond donors (Lipinski definition) is 3. The van der Waals surface area contributed by atoms with E-state index in [1.54, 1.807) is 0 Å². The second-order valence-corrected chi connectivity index (χ2v) is 3.41. The Morgan fingerprint density at radius 1 is 1.38 bits per heavy atom. The zero-order valence-electron chi connectivity index (χ0n) is 9.66. The number of carbonyl (C=O) groups is 3. The lowest BCUT2D eigenvalue weighted by atomic mass is 10.3. The van der Waals surface area contributed by atoms with Crippen LogP contribution in [0.5, 0.6) is 0 Å². The van der Waals surface area contributed by atoms with Gasteiger partial charge in [-0.3, -0.25) is 9.59 Å². The van der Waals surface area contributed by atoms with E-state index in [1.165, 1.54) is 20.9 Å². The topological polar surface area (TPSA) is 105 Å².